The zero-order chi connectivity index (χ0) is 19.5. The molecule has 0 aliphatic heterocycles. The van der Waals surface area contributed by atoms with E-state index in [0.717, 1.165) is 5.56 Å². The highest BCUT2D eigenvalue weighted by Gasteiger charge is 2.12. The lowest BCUT2D eigenvalue weighted by Crippen LogP contribution is -2.01. The van der Waals surface area contributed by atoms with Gasteiger partial charge in [0.2, 0.25) is 11.8 Å². The zero-order valence-corrected chi connectivity index (χ0v) is 15.4. The van der Waals surface area contributed by atoms with E-state index in [1.54, 1.807) is 13.2 Å². The normalized spacial score (nSPS) is 11.3. The van der Waals surface area contributed by atoms with Crippen LogP contribution >= 0.6 is 11.8 Å². The predicted molar refractivity (Wildman–Crippen MR) is 98.6 cm³/mol. The van der Waals surface area contributed by atoms with E-state index in [4.69, 9.17) is 9.15 Å². The van der Waals surface area contributed by atoms with Crippen LogP contribution in [0.3, 0.4) is 0 Å². The van der Waals surface area contributed by atoms with Gasteiger partial charge in [-0.05, 0) is 30.3 Å². The number of benzene rings is 2. The minimum atomic E-state index is -2.87. The van der Waals surface area contributed by atoms with Gasteiger partial charge in [0, 0.05) is 11.6 Å². The first-order chi connectivity index (χ1) is 13.6. The van der Waals surface area contributed by atoms with Gasteiger partial charge in [-0.25, -0.2) is 4.98 Å². The Labute approximate surface area is 162 Å². The van der Waals surface area contributed by atoms with E-state index in [0.29, 0.717) is 39.5 Å². The van der Waals surface area contributed by atoms with Gasteiger partial charge in [0.25, 0.3) is 0 Å². The largest absolute Gasteiger partial charge is 0.497 e. The van der Waals surface area contributed by atoms with Crippen molar-refractivity contribution in [2.24, 2.45) is 0 Å². The van der Waals surface area contributed by atoms with E-state index in [1.165, 1.54) is 23.9 Å². The number of aromatic amines is 1. The molecule has 4 rings (SSSR count). The predicted octanol–water partition coefficient (Wildman–Crippen LogP) is 4.52. The van der Waals surface area contributed by atoms with Crippen molar-refractivity contribution in [3.8, 4) is 23.0 Å². The van der Waals surface area contributed by atoms with Crippen molar-refractivity contribution in [3.63, 3.8) is 0 Å². The minimum Gasteiger partial charge on any atom is -0.497 e. The quantitative estimate of drug-likeness (QED) is 0.453. The molecule has 144 valence electrons. The van der Waals surface area contributed by atoms with Gasteiger partial charge in [0.1, 0.15) is 11.5 Å². The van der Waals surface area contributed by atoms with E-state index < -0.39 is 6.61 Å². The van der Waals surface area contributed by atoms with Crippen molar-refractivity contribution in [2.75, 3.05) is 7.11 Å². The summed E-state index contributed by atoms with van der Waals surface area (Å²) >= 11 is 1.36. The second-order valence-corrected chi connectivity index (χ2v) is 6.59. The lowest BCUT2D eigenvalue weighted by Gasteiger charge is -2.02. The van der Waals surface area contributed by atoms with Gasteiger partial charge in [-0.15, -0.1) is 10.2 Å². The first kappa shape index (κ1) is 18.2. The number of rotatable bonds is 7. The number of ether oxygens (including phenoxy) is 2. The fourth-order valence-corrected chi connectivity index (χ4v) is 3.25. The summed E-state index contributed by atoms with van der Waals surface area (Å²) in [6.07, 6.45) is 0. The van der Waals surface area contributed by atoms with Crippen LogP contribution in [0.2, 0.25) is 0 Å². The molecule has 4 aromatic rings. The lowest BCUT2D eigenvalue weighted by molar-refractivity contribution is -0.0497. The molecule has 0 aliphatic rings. The SMILES string of the molecule is COc1cccc(-c2nnc(CSc3nc4ccc(OC(F)F)cc4[nH]3)o2)c1. The number of halogens is 2. The molecule has 0 bridgehead atoms. The van der Waals surface area contributed by atoms with E-state index in [1.807, 2.05) is 24.3 Å². The van der Waals surface area contributed by atoms with Crippen LogP contribution in [-0.2, 0) is 5.75 Å². The van der Waals surface area contributed by atoms with Gasteiger partial charge in [0.05, 0.1) is 23.9 Å². The smallest absolute Gasteiger partial charge is 0.387 e. The first-order valence-electron chi connectivity index (χ1n) is 8.15. The molecular weight excluding hydrogens is 390 g/mol. The van der Waals surface area contributed by atoms with Crippen LogP contribution in [0.15, 0.2) is 52.0 Å². The van der Waals surface area contributed by atoms with Gasteiger partial charge in [-0.3, -0.25) is 0 Å². The number of alkyl halides is 2. The Morgan fingerprint density at radius 3 is 2.86 bits per heavy atom. The van der Waals surface area contributed by atoms with Crippen molar-refractivity contribution in [3.05, 3.63) is 48.4 Å². The van der Waals surface area contributed by atoms with Gasteiger partial charge < -0.3 is 18.9 Å². The molecule has 0 saturated carbocycles. The second kappa shape index (κ2) is 7.85. The third kappa shape index (κ3) is 4.06. The molecule has 1 N–H and O–H groups in total. The summed E-state index contributed by atoms with van der Waals surface area (Å²) in [6.45, 7) is -2.87. The van der Waals surface area contributed by atoms with Crippen LogP contribution in [-0.4, -0.2) is 33.9 Å². The molecule has 0 radical (unpaired) electrons. The number of aromatic nitrogens is 4. The monoisotopic (exact) mass is 404 g/mol. The number of hydrogen-bond acceptors (Lipinski definition) is 7. The maximum atomic E-state index is 12.3. The number of hydrogen-bond donors (Lipinski definition) is 1. The fourth-order valence-electron chi connectivity index (χ4n) is 2.52. The van der Waals surface area contributed by atoms with Gasteiger partial charge in [0.15, 0.2) is 5.16 Å². The zero-order valence-electron chi connectivity index (χ0n) is 14.6. The number of H-pyrrole nitrogens is 1. The van der Waals surface area contributed by atoms with Crippen LogP contribution in [0.5, 0.6) is 11.5 Å². The van der Waals surface area contributed by atoms with E-state index in [-0.39, 0.29) is 5.75 Å². The number of thioether (sulfide) groups is 1. The highest BCUT2D eigenvalue weighted by Crippen LogP contribution is 2.27. The summed E-state index contributed by atoms with van der Waals surface area (Å²) in [5, 5.41) is 8.69. The van der Waals surface area contributed by atoms with E-state index in [9.17, 15) is 8.78 Å². The number of nitrogens with zero attached hydrogens (tertiary/aromatic N) is 3. The van der Waals surface area contributed by atoms with Crippen molar-refractivity contribution in [1.82, 2.24) is 20.2 Å². The van der Waals surface area contributed by atoms with Crippen molar-refractivity contribution in [2.45, 2.75) is 17.5 Å². The summed E-state index contributed by atoms with van der Waals surface area (Å²) in [7, 11) is 1.59. The average Bonchev–Trinajstić information content (AvgIpc) is 3.32. The summed E-state index contributed by atoms with van der Waals surface area (Å²) in [6, 6.07) is 11.9. The van der Waals surface area contributed by atoms with Crippen molar-refractivity contribution in [1.29, 1.82) is 0 Å². The molecule has 0 unspecified atom stereocenters. The highest BCUT2D eigenvalue weighted by atomic mass is 32.2. The van der Waals surface area contributed by atoms with Gasteiger partial charge >= 0.3 is 6.61 Å². The number of methoxy groups -OCH3 is 1. The Bertz CT molecular complexity index is 1100. The van der Waals surface area contributed by atoms with Crippen molar-refractivity contribution >= 4 is 22.8 Å². The molecule has 0 saturated heterocycles. The number of fused-ring (bicyclic) bond motifs is 1. The third-order valence-corrected chi connectivity index (χ3v) is 4.63. The van der Waals surface area contributed by atoms with E-state index >= 15 is 0 Å². The summed E-state index contributed by atoms with van der Waals surface area (Å²) < 4.78 is 39.9. The fraction of sp³-hybridized carbons (Fsp3) is 0.167. The number of imidazole rings is 1. The van der Waals surface area contributed by atoms with Gasteiger partial charge in [-0.1, -0.05) is 17.8 Å². The van der Waals surface area contributed by atoms with Crippen LogP contribution < -0.4 is 9.47 Å². The Kier molecular flexibility index (Phi) is 5.11. The third-order valence-electron chi connectivity index (χ3n) is 3.77. The van der Waals surface area contributed by atoms with Crippen LogP contribution in [0, 0.1) is 0 Å². The highest BCUT2D eigenvalue weighted by molar-refractivity contribution is 7.98. The second-order valence-electron chi connectivity index (χ2n) is 5.62. The maximum absolute atomic E-state index is 12.3. The Hall–Kier alpha value is -3.14. The topological polar surface area (TPSA) is 86.1 Å². The molecule has 2 aromatic heterocycles. The molecule has 0 amide bonds. The minimum absolute atomic E-state index is 0.0718. The van der Waals surface area contributed by atoms with Crippen molar-refractivity contribution < 1.29 is 22.7 Å². The molecule has 0 atom stereocenters. The van der Waals surface area contributed by atoms with E-state index in [2.05, 4.69) is 24.9 Å². The molecule has 0 fully saturated rings. The van der Waals surface area contributed by atoms with Crippen LogP contribution in [0.4, 0.5) is 8.78 Å². The average molecular weight is 404 g/mol. The Morgan fingerprint density at radius 1 is 1.14 bits per heavy atom. The first-order valence-corrected chi connectivity index (χ1v) is 9.13. The molecule has 0 spiro atoms. The number of nitrogens with one attached hydrogen (secondary N) is 1. The molecule has 2 aromatic carbocycles. The summed E-state index contributed by atoms with van der Waals surface area (Å²) in [5.74, 6) is 2.00. The summed E-state index contributed by atoms with van der Waals surface area (Å²) in [5.41, 5.74) is 2.01. The molecule has 28 heavy (non-hydrogen) atoms. The van der Waals surface area contributed by atoms with Crippen LogP contribution in [0.25, 0.3) is 22.5 Å². The Balaban J connectivity index is 1.45. The molecule has 10 heteroatoms. The molecular formula is C18H14F2N4O3S. The molecule has 0 aliphatic carbocycles. The van der Waals surface area contributed by atoms with Gasteiger partial charge in [-0.2, -0.15) is 8.78 Å². The Morgan fingerprint density at radius 2 is 2.04 bits per heavy atom. The van der Waals surface area contributed by atoms with Crippen LogP contribution in [0.1, 0.15) is 5.89 Å². The lowest BCUT2D eigenvalue weighted by atomic mass is 10.2. The molecule has 7 nitrogen and oxygen atoms in total. The molecule has 2 heterocycles. The maximum Gasteiger partial charge on any atom is 0.387 e. The standard InChI is InChI=1S/C18H14F2N4O3S/c1-25-11-4-2-3-10(7-11)16-24-23-15(27-16)9-28-18-21-13-6-5-12(26-17(19)20)8-14(13)22-18/h2-8,17H,9H2,1H3,(H,21,22). The summed E-state index contributed by atoms with van der Waals surface area (Å²) in [4.78, 5) is 7.45.